The smallest absolute Gasteiger partial charge is 0.198 e. The quantitative estimate of drug-likeness (QED) is 0.432. The predicted molar refractivity (Wildman–Crippen MR) is 97.9 cm³/mol. The third-order valence-corrected chi connectivity index (χ3v) is 4.04. The van der Waals surface area contributed by atoms with Crippen LogP contribution >= 0.6 is 0 Å². The standard InChI is InChI=1S/C20H16N4/c21-20(22)24-17-13-7-12-16(14-8-3-1-4-9-14)18(17)23-19(24)15-10-5-2-6-11-15/h1-13H,(H3,21,22). The summed E-state index contributed by atoms with van der Waals surface area (Å²) in [5, 5.41) is 8.00. The maximum absolute atomic E-state index is 8.00. The number of hydrogen-bond donors (Lipinski definition) is 2. The number of nitrogens with one attached hydrogen (secondary N) is 1. The van der Waals surface area contributed by atoms with Crippen molar-refractivity contribution in [3.63, 3.8) is 0 Å². The molecule has 0 saturated carbocycles. The second-order valence-corrected chi connectivity index (χ2v) is 5.56. The van der Waals surface area contributed by atoms with E-state index in [1.54, 1.807) is 4.57 Å². The lowest BCUT2D eigenvalue weighted by Gasteiger charge is -2.06. The van der Waals surface area contributed by atoms with Gasteiger partial charge in [0.15, 0.2) is 5.96 Å². The lowest BCUT2D eigenvalue weighted by atomic mass is 10.0. The van der Waals surface area contributed by atoms with Crippen LogP contribution < -0.4 is 5.73 Å². The topological polar surface area (TPSA) is 67.7 Å². The molecule has 4 aromatic rings. The summed E-state index contributed by atoms with van der Waals surface area (Å²) in [5.41, 5.74) is 10.6. The van der Waals surface area contributed by atoms with E-state index in [1.807, 2.05) is 66.7 Å². The molecule has 0 saturated heterocycles. The maximum atomic E-state index is 8.00. The van der Waals surface area contributed by atoms with Crippen LogP contribution in [-0.4, -0.2) is 15.5 Å². The van der Waals surface area contributed by atoms with E-state index in [1.165, 1.54) is 0 Å². The molecule has 3 aromatic carbocycles. The summed E-state index contributed by atoms with van der Waals surface area (Å²) in [4.78, 5) is 4.82. The molecule has 0 amide bonds. The second kappa shape index (κ2) is 5.66. The summed E-state index contributed by atoms with van der Waals surface area (Å²) in [6, 6.07) is 25.9. The number of nitrogens with two attached hydrogens (primary N) is 1. The molecule has 0 aliphatic heterocycles. The monoisotopic (exact) mass is 312 g/mol. The Morgan fingerprint density at radius 3 is 2.04 bits per heavy atom. The lowest BCUT2D eigenvalue weighted by molar-refractivity contribution is 1.12. The van der Waals surface area contributed by atoms with Gasteiger partial charge in [-0.15, -0.1) is 0 Å². The van der Waals surface area contributed by atoms with Gasteiger partial charge in [-0.3, -0.25) is 9.98 Å². The molecule has 3 N–H and O–H groups in total. The summed E-state index contributed by atoms with van der Waals surface area (Å²) in [6.07, 6.45) is 0. The molecule has 0 bridgehead atoms. The number of imidazole rings is 1. The Morgan fingerprint density at radius 1 is 0.792 bits per heavy atom. The SMILES string of the molecule is N=C(N)n1c(-c2ccccc2)nc2c(-c3ccccc3)cccc21. The number of rotatable bonds is 2. The highest BCUT2D eigenvalue weighted by molar-refractivity contribution is 6.00. The molecule has 0 aliphatic carbocycles. The van der Waals surface area contributed by atoms with Crippen molar-refractivity contribution in [1.82, 2.24) is 9.55 Å². The molecule has 1 heterocycles. The zero-order valence-corrected chi connectivity index (χ0v) is 13.0. The van der Waals surface area contributed by atoms with Gasteiger partial charge in [0.1, 0.15) is 5.82 Å². The Bertz CT molecular complexity index is 1020. The molecule has 1 aromatic heterocycles. The van der Waals surface area contributed by atoms with Crippen molar-refractivity contribution in [2.24, 2.45) is 5.73 Å². The number of fused-ring (bicyclic) bond motifs is 1. The van der Waals surface area contributed by atoms with Crippen LogP contribution in [0, 0.1) is 5.41 Å². The van der Waals surface area contributed by atoms with Crippen LogP contribution in [0.2, 0.25) is 0 Å². The fourth-order valence-corrected chi connectivity index (χ4v) is 2.97. The van der Waals surface area contributed by atoms with Crippen LogP contribution in [0.15, 0.2) is 78.9 Å². The van der Waals surface area contributed by atoms with Crippen molar-refractivity contribution >= 4 is 17.0 Å². The van der Waals surface area contributed by atoms with Crippen LogP contribution in [0.5, 0.6) is 0 Å². The first kappa shape index (κ1) is 14.2. The lowest BCUT2D eigenvalue weighted by Crippen LogP contribution is -2.21. The molecule has 0 atom stereocenters. The number of nitrogen functional groups attached to an aromatic ring is 1. The van der Waals surface area contributed by atoms with Gasteiger partial charge in [0.2, 0.25) is 0 Å². The Labute approximate surface area is 139 Å². The highest BCUT2D eigenvalue weighted by Gasteiger charge is 2.17. The largest absolute Gasteiger partial charge is 0.369 e. The van der Waals surface area contributed by atoms with Crippen molar-refractivity contribution in [2.45, 2.75) is 0 Å². The number of nitrogens with zero attached hydrogens (tertiary/aromatic N) is 2. The number of hydrogen-bond acceptors (Lipinski definition) is 2. The summed E-state index contributed by atoms with van der Waals surface area (Å²) in [5.74, 6) is 0.642. The predicted octanol–water partition coefficient (Wildman–Crippen LogP) is 4.11. The van der Waals surface area contributed by atoms with Crippen LogP contribution in [0.1, 0.15) is 0 Å². The fourth-order valence-electron chi connectivity index (χ4n) is 2.97. The summed E-state index contributed by atoms with van der Waals surface area (Å²) in [7, 11) is 0. The Balaban J connectivity index is 2.05. The van der Waals surface area contributed by atoms with E-state index >= 15 is 0 Å². The average molecular weight is 312 g/mol. The van der Waals surface area contributed by atoms with Crippen molar-refractivity contribution in [1.29, 1.82) is 5.41 Å². The number of para-hydroxylation sites is 1. The number of benzene rings is 3. The molecule has 116 valence electrons. The van der Waals surface area contributed by atoms with E-state index in [9.17, 15) is 0 Å². The first-order valence-electron chi connectivity index (χ1n) is 7.72. The minimum atomic E-state index is -0.0402. The second-order valence-electron chi connectivity index (χ2n) is 5.56. The van der Waals surface area contributed by atoms with E-state index in [0.717, 1.165) is 27.7 Å². The van der Waals surface area contributed by atoms with Gasteiger partial charge < -0.3 is 5.73 Å². The molecule has 0 aliphatic rings. The van der Waals surface area contributed by atoms with E-state index in [4.69, 9.17) is 16.1 Å². The molecule has 24 heavy (non-hydrogen) atoms. The maximum Gasteiger partial charge on any atom is 0.198 e. The molecule has 0 unspecified atom stereocenters. The van der Waals surface area contributed by atoms with Crippen LogP contribution in [0.3, 0.4) is 0 Å². The molecule has 0 fully saturated rings. The molecular formula is C20H16N4. The van der Waals surface area contributed by atoms with Gasteiger partial charge in [0.25, 0.3) is 0 Å². The van der Waals surface area contributed by atoms with Crippen molar-refractivity contribution < 1.29 is 0 Å². The first-order valence-corrected chi connectivity index (χ1v) is 7.72. The summed E-state index contributed by atoms with van der Waals surface area (Å²) in [6.45, 7) is 0. The average Bonchev–Trinajstić information content (AvgIpc) is 3.03. The van der Waals surface area contributed by atoms with Gasteiger partial charge in [0, 0.05) is 11.1 Å². The molecule has 4 heteroatoms. The zero-order chi connectivity index (χ0) is 16.5. The normalized spacial score (nSPS) is 10.8. The molecule has 0 radical (unpaired) electrons. The van der Waals surface area contributed by atoms with Gasteiger partial charge in [-0.1, -0.05) is 72.8 Å². The highest BCUT2D eigenvalue weighted by atomic mass is 15.2. The highest BCUT2D eigenvalue weighted by Crippen LogP contribution is 2.31. The Hall–Kier alpha value is -3.40. The third kappa shape index (κ3) is 2.25. The first-order chi connectivity index (χ1) is 11.8. The van der Waals surface area contributed by atoms with E-state index < -0.39 is 0 Å². The van der Waals surface area contributed by atoms with Gasteiger partial charge in [-0.05, 0) is 11.6 Å². The van der Waals surface area contributed by atoms with Gasteiger partial charge in [0.05, 0.1) is 11.0 Å². The zero-order valence-electron chi connectivity index (χ0n) is 13.0. The van der Waals surface area contributed by atoms with Crippen LogP contribution in [0.4, 0.5) is 0 Å². The molecule has 4 nitrogen and oxygen atoms in total. The third-order valence-electron chi connectivity index (χ3n) is 4.04. The van der Waals surface area contributed by atoms with Crippen molar-refractivity contribution in [3.8, 4) is 22.5 Å². The molecular weight excluding hydrogens is 296 g/mol. The number of aromatic nitrogens is 2. The fraction of sp³-hybridized carbons (Fsp3) is 0. The Kier molecular flexibility index (Phi) is 3.35. The Morgan fingerprint density at radius 2 is 1.42 bits per heavy atom. The van der Waals surface area contributed by atoms with E-state index in [0.29, 0.717) is 5.82 Å². The van der Waals surface area contributed by atoms with Crippen LogP contribution in [-0.2, 0) is 0 Å². The van der Waals surface area contributed by atoms with Gasteiger partial charge >= 0.3 is 0 Å². The van der Waals surface area contributed by atoms with Crippen molar-refractivity contribution in [3.05, 3.63) is 78.9 Å². The van der Waals surface area contributed by atoms with E-state index in [-0.39, 0.29) is 5.96 Å². The summed E-state index contributed by atoms with van der Waals surface area (Å²) < 4.78 is 1.69. The minimum absolute atomic E-state index is 0.0402. The van der Waals surface area contributed by atoms with Gasteiger partial charge in [-0.25, -0.2) is 4.98 Å². The minimum Gasteiger partial charge on any atom is -0.369 e. The summed E-state index contributed by atoms with van der Waals surface area (Å²) >= 11 is 0. The molecule has 4 rings (SSSR count). The van der Waals surface area contributed by atoms with E-state index in [2.05, 4.69) is 12.1 Å². The van der Waals surface area contributed by atoms with Crippen molar-refractivity contribution in [2.75, 3.05) is 0 Å². The molecule has 0 spiro atoms. The van der Waals surface area contributed by atoms with Gasteiger partial charge in [-0.2, -0.15) is 0 Å². The van der Waals surface area contributed by atoms with Crippen LogP contribution in [0.25, 0.3) is 33.5 Å².